The van der Waals surface area contributed by atoms with Crippen LogP contribution in [0.3, 0.4) is 0 Å². The van der Waals surface area contributed by atoms with Crippen LogP contribution in [0, 0.1) is 6.42 Å². The van der Waals surface area contributed by atoms with Gasteiger partial charge in [0, 0.05) is 0 Å². The molecule has 7 heteroatoms. The molecule has 140 valence electrons. The molecule has 3 heterocycles. The number of hydrogen-bond donors (Lipinski definition) is 2. The van der Waals surface area contributed by atoms with E-state index < -0.39 is 22.2 Å². The first-order valence-corrected chi connectivity index (χ1v) is 8.94. The van der Waals surface area contributed by atoms with E-state index in [-0.39, 0.29) is 12.1 Å². The Balaban J connectivity index is 2.10. The molecule has 0 bridgehead atoms. The van der Waals surface area contributed by atoms with Crippen molar-refractivity contribution in [1.82, 2.24) is 25.1 Å². The maximum Gasteiger partial charge on any atom is 0.406 e. The van der Waals surface area contributed by atoms with Gasteiger partial charge in [0.05, 0.1) is 11.1 Å². The van der Waals surface area contributed by atoms with Crippen LogP contribution in [0.2, 0.25) is 0 Å². The van der Waals surface area contributed by atoms with Crippen molar-refractivity contribution in [2.24, 2.45) is 0 Å². The predicted molar refractivity (Wildman–Crippen MR) is 103 cm³/mol. The van der Waals surface area contributed by atoms with Gasteiger partial charge in [-0.2, -0.15) is 14.5 Å². The lowest BCUT2D eigenvalue weighted by Gasteiger charge is -2.34. The SMILES string of the molecule is CC1(C)NC(=O)N(C2=[N+]=C(N3C(=O)NC(C)(C)C3(C)C)[CH+]C=C2)C1(C)C. The van der Waals surface area contributed by atoms with Crippen LogP contribution < -0.4 is 15.3 Å². The summed E-state index contributed by atoms with van der Waals surface area (Å²) in [7, 11) is 0. The molecule has 0 saturated carbocycles. The lowest BCUT2D eigenvalue weighted by atomic mass is 9.83. The molecule has 3 rings (SSSR count). The molecule has 0 unspecified atom stereocenters. The molecule has 3 aliphatic heterocycles. The van der Waals surface area contributed by atoms with Gasteiger partial charge in [0.1, 0.15) is 17.2 Å². The normalized spacial score (nSPS) is 27.5. The number of amides is 4. The van der Waals surface area contributed by atoms with Crippen LogP contribution in [-0.2, 0) is 0 Å². The van der Waals surface area contributed by atoms with Gasteiger partial charge in [0.25, 0.3) is 0 Å². The molecule has 26 heavy (non-hydrogen) atoms. The van der Waals surface area contributed by atoms with Crippen molar-refractivity contribution < 1.29 is 9.59 Å². The summed E-state index contributed by atoms with van der Waals surface area (Å²) in [6, 6.07) is -0.370. The van der Waals surface area contributed by atoms with Crippen LogP contribution in [0.1, 0.15) is 55.4 Å². The third-order valence-corrected chi connectivity index (χ3v) is 6.60. The topological polar surface area (TPSA) is 78.8 Å². The summed E-state index contributed by atoms with van der Waals surface area (Å²) in [5.41, 5.74) is -1.77. The number of amidine groups is 2. The van der Waals surface area contributed by atoms with Crippen LogP contribution in [0.15, 0.2) is 12.2 Å². The van der Waals surface area contributed by atoms with E-state index in [1.165, 1.54) is 0 Å². The largest absolute Gasteiger partial charge is 0.406 e. The number of nitrogens with one attached hydrogen (secondary N) is 2. The average Bonchev–Trinajstić information content (AvgIpc) is 2.71. The van der Waals surface area contributed by atoms with Gasteiger partial charge >= 0.3 is 23.7 Å². The van der Waals surface area contributed by atoms with Crippen molar-refractivity contribution in [3.63, 3.8) is 0 Å². The van der Waals surface area contributed by atoms with E-state index in [0.717, 1.165) is 0 Å². The fourth-order valence-electron chi connectivity index (χ4n) is 3.46. The van der Waals surface area contributed by atoms with Crippen molar-refractivity contribution in [2.45, 2.75) is 77.5 Å². The molecule has 2 fully saturated rings. The minimum atomic E-state index is -0.474. The zero-order valence-electron chi connectivity index (χ0n) is 16.9. The maximum absolute atomic E-state index is 12.6. The van der Waals surface area contributed by atoms with Gasteiger partial charge in [0.2, 0.25) is 0 Å². The van der Waals surface area contributed by atoms with Gasteiger partial charge in [-0.05, 0) is 55.4 Å². The Morgan fingerprint density at radius 2 is 1.31 bits per heavy atom. The molecule has 0 radical (unpaired) electrons. The monoisotopic (exact) mass is 359 g/mol. The molecular formula is C19H29N5O2+2. The number of nitrogens with zero attached hydrogens (tertiary/aromatic N) is 3. The number of rotatable bonds is 0. The lowest BCUT2D eigenvalue weighted by Crippen LogP contribution is -2.57. The fourth-order valence-corrected chi connectivity index (χ4v) is 3.46. The molecule has 0 atom stereocenters. The standard InChI is InChI=1S/C19H27N5O2/c1-16(2)18(5,6)23(14(25)21-16)12-10-9-11-13(20-12)24-15(26)22-17(3,4)19(24,7)8/h9-11H,1-8H3/p+2. The molecule has 0 aromatic carbocycles. The first kappa shape index (κ1) is 18.4. The molecule has 0 aliphatic carbocycles. The van der Waals surface area contributed by atoms with Gasteiger partial charge in [-0.3, -0.25) is 0 Å². The minimum Gasteiger partial charge on any atom is -0.316 e. The van der Waals surface area contributed by atoms with Crippen LogP contribution >= 0.6 is 0 Å². The Morgan fingerprint density at radius 3 is 1.73 bits per heavy atom. The molecule has 4 amide bonds. The van der Waals surface area contributed by atoms with Crippen LogP contribution in [-0.4, -0.2) is 55.7 Å². The van der Waals surface area contributed by atoms with Gasteiger partial charge < -0.3 is 10.6 Å². The van der Waals surface area contributed by atoms with Crippen LogP contribution in [0.5, 0.6) is 0 Å². The van der Waals surface area contributed by atoms with E-state index >= 15 is 0 Å². The van der Waals surface area contributed by atoms with Crippen molar-refractivity contribution in [3.8, 4) is 0 Å². The minimum absolute atomic E-state index is 0.185. The first-order valence-electron chi connectivity index (χ1n) is 8.94. The van der Waals surface area contributed by atoms with E-state index in [4.69, 9.17) is 4.67 Å². The molecular weight excluding hydrogens is 330 g/mol. The van der Waals surface area contributed by atoms with Gasteiger partial charge in [0.15, 0.2) is 12.5 Å². The molecule has 3 aliphatic rings. The van der Waals surface area contributed by atoms with E-state index in [0.29, 0.717) is 11.7 Å². The Hall–Kier alpha value is -2.40. The quantitative estimate of drug-likeness (QED) is 0.511. The van der Waals surface area contributed by atoms with Crippen molar-refractivity contribution in [3.05, 3.63) is 18.6 Å². The Labute approximate surface area is 155 Å². The number of urea groups is 2. The highest BCUT2D eigenvalue weighted by Crippen LogP contribution is 2.36. The average molecular weight is 359 g/mol. The summed E-state index contributed by atoms with van der Waals surface area (Å²) in [5, 5.41) is 6.03. The molecule has 7 nitrogen and oxygen atoms in total. The molecule has 2 saturated heterocycles. The summed E-state index contributed by atoms with van der Waals surface area (Å²) < 4.78 is 4.69. The Morgan fingerprint density at radius 1 is 0.846 bits per heavy atom. The van der Waals surface area contributed by atoms with Crippen molar-refractivity contribution >= 4 is 23.7 Å². The molecule has 2 N–H and O–H groups in total. The Bertz CT molecular complexity index is 782. The molecule has 0 aromatic heterocycles. The van der Waals surface area contributed by atoms with E-state index in [1.807, 2.05) is 61.5 Å². The Kier molecular flexibility index (Phi) is 3.59. The van der Waals surface area contributed by atoms with Gasteiger partial charge in [-0.15, -0.1) is 0 Å². The third-order valence-electron chi connectivity index (χ3n) is 6.60. The van der Waals surface area contributed by atoms with Crippen molar-refractivity contribution in [1.29, 1.82) is 0 Å². The van der Waals surface area contributed by atoms with E-state index in [9.17, 15) is 9.59 Å². The summed E-state index contributed by atoms with van der Waals surface area (Å²) in [6.45, 7) is 16.0. The van der Waals surface area contributed by atoms with E-state index in [1.54, 1.807) is 22.3 Å². The zero-order chi connectivity index (χ0) is 19.7. The second kappa shape index (κ2) is 5.07. The summed E-state index contributed by atoms with van der Waals surface area (Å²) >= 11 is 0. The number of hydrogen-bond acceptors (Lipinski definition) is 2. The fraction of sp³-hybridized carbons (Fsp3) is 0.632. The zero-order valence-corrected chi connectivity index (χ0v) is 16.9. The smallest absolute Gasteiger partial charge is 0.316 e. The summed E-state index contributed by atoms with van der Waals surface area (Å²) in [5.74, 6) is 1.06. The number of carbonyl (C=O) groups excluding carboxylic acids is 2. The highest BCUT2D eigenvalue weighted by atomic mass is 16.2. The van der Waals surface area contributed by atoms with Crippen LogP contribution in [0.25, 0.3) is 0 Å². The predicted octanol–water partition coefficient (Wildman–Crippen LogP) is 1.79. The van der Waals surface area contributed by atoms with E-state index in [2.05, 4.69) is 10.6 Å². The first-order chi connectivity index (χ1) is 11.7. The van der Waals surface area contributed by atoms with Crippen LogP contribution in [0.4, 0.5) is 9.59 Å². The summed E-state index contributed by atoms with van der Waals surface area (Å²) in [6.07, 6.45) is 5.44. The highest BCUT2D eigenvalue weighted by Gasteiger charge is 2.61. The highest BCUT2D eigenvalue weighted by molar-refractivity contribution is 6.14. The molecule has 0 spiro atoms. The lowest BCUT2D eigenvalue weighted by molar-refractivity contribution is 0.194. The van der Waals surface area contributed by atoms with Gasteiger partial charge in [-0.25, -0.2) is 9.59 Å². The summed E-state index contributed by atoms with van der Waals surface area (Å²) in [4.78, 5) is 28.6. The maximum atomic E-state index is 12.6. The second-order valence-corrected chi connectivity index (χ2v) is 9.25. The number of carbonyl (C=O) groups is 2. The third kappa shape index (κ3) is 2.27. The second-order valence-electron chi connectivity index (χ2n) is 9.25. The van der Waals surface area contributed by atoms with Gasteiger partial charge in [-0.1, -0.05) is 0 Å². The molecule has 0 aromatic rings. The van der Waals surface area contributed by atoms with Crippen molar-refractivity contribution in [2.75, 3.05) is 0 Å².